The molecule has 0 aliphatic carbocycles. The van der Waals surface area contributed by atoms with Gasteiger partial charge in [-0.2, -0.15) is 4.98 Å². The first-order chi connectivity index (χ1) is 15.3. The third-order valence-electron chi connectivity index (χ3n) is 5.23. The van der Waals surface area contributed by atoms with E-state index in [0.717, 1.165) is 22.2 Å². The molecule has 6 nitrogen and oxygen atoms in total. The lowest BCUT2D eigenvalue weighted by molar-refractivity contribution is 0.154. The number of aromatic nitrogens is 4. The molecule has 2 atom stereocenters. The molecule has 2 aromatic heterocycles. The molecule has 2 N–H and O–H groups in total. The Morgan fingerprint density at radius 1 is 0.742 bits per heavy atom. The van der Waals surface area contributed by atoms with Gasteiger partial charge in [0.15, 0.2) is 0 Å². The van der Waals surface area contributed by atoms with Crippen LogP contribution in [0.2, 0.25) is 0 Å². The van der Waals surface area contributed by atoms with Crippen LogP contribution in [-0.2, 0) is 0 Å². The number of imidazole rings is 1. The summed E-state index contributed by atoms with van der Waals surface area (Å²) in [6, 6.07) is 28.8. The Kier molecular flexibility index (Phi) is 5.12. The van der Waals surface area contributed by atoms with Gasteiger partial charge in [-0.15, -0.1) is 0 Å². The zero-order chi connectivity index (χ0) is 21.0. The fraction of sp³-hybridized carbons (Fsp3) is 0.0800. The van der Waals surface area contributed by atoms with Crippen LogP contribution in [0, 0.1) is 0 Å². The molecule has 0 spiro atoms. The van der Waals surface area contributed by atoms with Gasteiger partial charge in [0.2, 0.25) is 5.95 Å². The number of aliphatic hydroxyl groups is 1. The van der Waals surface area contributed by atoms with E-state index in [-0.39, 0.29) is 6.04 Å². The molecular weight excluding hydrogens is 386 g/mol. The summed E-state index contributed by atoms with van der Waals surface area (Å²) in [6.07, 6.45) is 2.67. The predicted octanol–water partition coefficient (Wildman–Crippen LogP) is 4.70. The second kappa shape index (κ2) is 8.38. The van der Waals surface area contributed by atoms with Crippen LogP contribution >= 0.6 is 0 Å². The van der Waals surface area contributed by atoms with Crippen molar-refractivity contribution in [1.82, 2.24) is 19.5 Å². The smallest absolute Gasteiger partial charge is 0.237 e. The largest absolute Gasteiger partial charge is 0.386 e. The molecule has 0 unspecified atom stereocenters. The van der Waals surface area contributed by atoms with Gasteiger partial charge in [0.05, 0.1) is 17.1 Å². The Morgan fingerprint density at radius 2 is 1.42 bits per heavy atom. The molecule has 3 aromatic carbocycles. The summed E-state index contributed by atoms with van der Waals surface area (Å²) in [5, 5.41) is 14.6. The van der Waals surface area contributed by atoms with Gasteiger partial charge in [-0.25, -0.2) is 9.97 Å². The summed E-state index contributed by atoms with van der Waals surface area (Å²) in [7, 11) is 0. The lowest BCUT2D eigenvalue weighted by Gasteiger charge is -2.25. The van der Waals surface area contributed by atoms with Crippen molar-refractivity contribution in [3.63, 3.8) is 0 Å². The minimum absolute atomic E-state index is 0.383. The molecular formula is C25H21N5O. The molecule has 5 rings (SSSR count). The maximum atomic E-state index is 11.2. The average molecular weight is 407 g/mol. The predicted molar refractivity (Wildman–Crippen MR) is 121 cm³/mol. The first-order valence-corrected chi connectivity index (χ1v) is 10.1. The van der Waals surface area contributed by atoms with E-state index in [1.807, 2.05) is 89.5 Å². The van der Waals surface area contributed by atoms with E-state index in [2.05, 4.69) is 15.3 Å². The normalized spacial score (nSPS) is 13.1. The number of hydrogen-bond acceptors (Lipinski definition) is 5. The van der Waals surface area contributed by atoms with Gasteiger partial charge >= 0.3 is 0 Å². The van der Waals surface area contributed by atoms with Gasteiger partial charge in [0, 0.05) is 6.20 Å². The fourth-order valence-electron chi connectivity index (χ4n) is 3.67. The second-order valence-electron chi connectivity index (χ2n) is 7.23. The number of rotatable bonds is 6. The summed E-state index contributed by atoms with van der Waals surface area (Å²) >= 11 is 0. The number of hydrogen-bond donors (Lipinski definition) is 2. The van der Waals surface area contributed by atoms with Crippen LogP contribution in [0.4, 0.5) is 5.82 Å². The molecule has 0 saturated carbocycles. The molecule has 0 radical (unpaired) electrons. The summed E-state index contributed by atoms with van der Waals surface area (Å²) in [4.78, 5) is 13.5. The van der Waals surface area contributed by atoms with Crippen molar-refractivity contribution < 1.29 is 5.11 Å². The first kappa shape index (κ1) is 19.0. The Bertz CT molecular complexity index is 1290. The van der Waals surface area contributed by atoms with Gasteiger partial charge in [-0.1, -0.05) is 72.8 Å². The van der Waals surface area contributed by atoms with Crippen LogP contribution in [0.25, 0.3) is 17.0 Å². The van der Waals surface area contributed by atoms with Crippen LogP contribution < -0.4 is 5.32 Å². The van der Waals surface area contributed by atoms with E-state index in [9.17, 15) is 5.11 Å². The molecule has 5 aromatic rings. The highest BCUT2D eigenvalue weighted by Gasteiger charge is 2.23. The highest BCUT2D eigenvalue weighted by molar-refractivity contribution is 5.76. The molecule has 0 fully saturated rings. The topological polar surface area (TPSA) is 75.9 Å². The zero-order valence-corrected chi connectivity index (χ0v) is 16.7. The maximum absolute atomic E-state index is 11.2. The second-order valence-corrected chi connectivity index (χ2v) is 7.23. The number of fused-ring (bicyclic) bond motifs is 1. The number of aliphatic hydroxyl groups excluding tert-OH is 1. The van der Waals surface area contributed by atoms with Crippen LogP contribution in [0.1, 0.15) is 23.3 Å². The highest BCUT2D eigenvalue weighted by Crippen LogP contribution is 2.31. The van der Waals surface area contributed by atoms with Gasteiger partial charge in [-0.05, 0) is 29.3 Å². The Labute approximate surface area is 179 Å². The molecule has 152 valence electrons. The number of para-hydroxylation sites is 2. The first-order valence-electron chi connectivity index (χ1n) is 10.1. The monoisotopic (exact) mass is 407 g/mol. The lowest BCUT2D eigenvalue weighted by atomic mass is 9.96. The number of anilines is 1. The van der Waals surface area contributed by atoms with Crippen LogP contribution in [-0.4, -0.2) is 24.6 Å². The Balaban J connectivity index is 1.50. The minimum Gasteiger partial charge on any atom is -0.386 e. The van der Waals surface area contributed by atoms with Crippen molar-refractivity contribution in [1.29, 1.82) is 0 Å². The molecule has 0 saturated heterocycles. The molecule has 0 aliphatic heterocycles. The van der Waals surface area contributed by atoms with Crippen LogP contribution in [0.5, 0.6) is 0 Å². The summed E-state index contributed by atoms with van der Waals surface area (Å²) in [5.41, 5.74) is 3.61. The van der Waals surface area contributed by atoms with Crippen molar-refractivity contribution in [2.24, 2.45) is 0 Å². The number of benzene rings is 3. The van der Waals surface area contributed by atoms with E-state index < -0.39 is 6.10 Å². The van der Waals surface area contributed by atoms with E-state index >= 15 is 0 Å². The standard InChI is InChI=1S/C25H21N5O/c31-24(19-11-5-2-6-12-19)23(18-9-3-1-4-10-18)28-22-15-16-26-25(29-22)30-17-27-20-13-7-8-14-21(20)30/h1-17,23-24,31H,(H,26,28,29)/t23-,24+/m0/s1. The summed E-state index contributed by atoms with van der Waals surface area (Å²) in [6.45, 7) is 0. The van der Waals surface area contributed by atoms with Crippen molar-refractivity contribution in [2.45, 2.75) is 12.1 Å². The molecule has 6 heteroatoms. The van der Waals surface area contributed by atoms with Crippen LogP contribution in [0.3, 0.4) is 0 Å². The average Bonchev–Trinajstić information content (AvgIpc) is 3.28. The number of nitrogens with zero attached hydrogens (tertiary/aromatic N) is 4. The Morgan fingerprint density at radius 3 is 2.19 bits per heavy atom. The fourth-order valence-corrected chi connectivity index (χ4v) is 3.67. The van der Waals surface area contributed by atoms with E-state index in [1.54, 1.807) is 18.6 Å². The minimum atomic E-state index is -0.754. The Hall–Kier alpha value is -4.03. The van der Waals surface area contributed by atoms with E-state index in [1.165, 1.54) is 0 Å². The van der Waals surface area contributed by atoms with Gasteiger partial charge in [0.25, 0.3) is 0 Å². The van der Waals surface area contributed by atoms with Crippen molar-refractivity contribution in [3.05, 3.63) is 115 Å². The van der Waals surface area contributed by atoms with Crippen molar-refractivity contribution in [2.75, 3.05) is 5.32 Å². The maximum Gasteiger partial charge on any atom is 0.237 e. The van der Waals surface area contributed by atoms with Gasteiger partial charge < -0.3 is 10.4 Å². The lowest BCUT2D eigenvalue weighted by Crippen LogP contribution is -2.20. The molecule has 0 aliphatic rings. The van der Waals surface area contributed by atoms with Crippen LogP contribution in [0.15, 0.2) is 104 Å². The number of nitrogens with one attached hydrogen (secondary N) is 1. The molecule has 2 heterocycles. The zero-order valence-electron chi connectivity index (χ0n) is 16.7. The SMILES string of the molecule is O[C@H](c1ccccc1)[C@@H](Nc1ccnc(-n2cnc3ccccc32)n1)c1ccccc1. The summed E-state index contributed by atoms with van der Waals surface area (Å²) < 4.78 is 1.85. The van der Waals surface area contributed by atoms with Crippen molar-refractivity contribution in [3.8, 4) is 5.95 Å². The third kappa shape index (κ3) is 3.89. The van der Waals surface area contributed by atoms with Gasteiger partial charge in [-0.3, -0.25) is 4.57 Å². The summed E-state index contributed by atoms with van der Waals surface area (Å²) in [5.74, 6) is 1.13. The molecule has 0 bridgehead atoms. The van der Waals surface area contributed by atoms with E-state index in [4.69, 9.17) is 4.98 Å². The molecule has 31 heavy (non-hydrogen) atoms. The molecule has 0 amide bonds. The van der Waals surface area contributed by atoms with E-state index in [0.29, 0.717) is 11.8 Å². The van der Waals surface area contributed by atoms with Crippen molar-refractivity contribution >= 4 is 16.9 Å². The third-order valence-corrected chi connectivity index (χ3v) is 5.23. The highest BCUT2D eigenvalue weighted by atomic mass is 16.3. The van der Waals surface area contributed by atoms with Gasteiger partial charge in [0.1, 0.15) is 18.2 Å². The quantitative estimate of drug-likeness (QED) is 0.427.